The number of hydrogen-bond acceptors (Lipinski definition) is 2. The van der Waals surface area contributed by atoms with Crippen LogP contribution >= 0.6 is 0 Å². The Morgan fingerprint density at radius 3 is 2.62 bits per heavy atom. The molecule has 132 valence electrons. The van der Waals surface area contributed by atoms with Crippen LogP contribution in [-0.2, 0) is 13.2 Å². The summed E-state index contributed by atoms with van der Waals surface area (Å²) >= 11 is 0. The van der Waals surface area contributed by atoms with E-state index < -0.39 is 5.82 Å². The second-order valence-electron chi connectivity index (χ2n) is 6.41. The fourth-order valence-corrected chi connectivity index (χ4v) is 3.57. The second kappa shape index (κ2) is 6.77. The number of carbonyl (C=O) groups is 1. The number of rotatable bonds is 3. The van der Waals surface area contributed by atoms with Gasteiger partial charge in [-0.15, -0.1) is 0 Å². The fraction of sp³-hybridized carbons (Fsp3) is 0.190. The summed E-state index contributed by atoms with van der Waals surface area (Å²) in [7, 11) is 0. The predicted octanol–water partition coefficient (Wildman–Crippen LogP) is 3.36. The number of aliphatic hydroxyl groups excluding tert-OH is 1. The van der Waals surface area contributed by atoms with Crippen LogP contribution in [0.25, 0.3) is 0 Å². The average Bonchev–Trinajstić information content (AvgIpc) is 3.16. The van der Waals surface area contributed by atoms with Crippen molar-refractivity contribution in [2.45, 2.75) is 19.2 Å². The molecule has 0 saturated heterocycles. The number of aromatic nitrogens is 1. The van der Waals surface area contributed by atoms with E-state index in [1.807, 2.05) is 48.7 Å². The van der Waals surface area contributed by atoms with Crippen LogP contribution in [0.3, 0.4) is 0 Å². The van der Waals surface area contributed by atoms with E-state index in [0.29, 0.717) is 18.7 Å². The lowest BCUT2D eigenvalue weighted by atomic mass is 9.98. The number of fused-ring (bicyclic) bond motifs is 1. The number of nitrogens with zero attached hydrogens (tertiary/aromatic N) is 2. The van der Waals surface area contributed by atoms with Crippen LogP contribution < -0.4 is 0 Å². The highest BCUT2D eigenvalue weighted by Crippen LogP contribution is 2.33. The third-order valence-electron chi connectivity index (χ3n) is 4.86. The molecule has 0 radical (unpaired) electrons. The standard InChI is InChI=1S/C21H19FN2O2/c22-18-13-15(14-25)8-9-17(18)21(26)24-12-11-23-10-4-7-19(23)20(24)16-5-2-1-3-6-16/h1-10,13,20,25H,11-12,14H2. The zero-order valence-corrected chi connectivity index (χ0v) is 14.2. The van der Waals surface area contributed by atoms with Crippen molar-refractivity contribution in [1.29, 1.82) is 0 Å². The van der Waals surface area contributed by atoms with Gasteiger partial charge in [0.15, 0.2) is 0 Å². The predicted molar refractivity (Wildman–Crippen MR) is 96.1 cm³/mol. The molecule has 2 aromatic carbocycles. The van der Waals surface area contributed by atoms with Crippen LogP contribution in [0, 0.1) is 5.82 Å². The summed E-state index contributed by atoms with van der Waals surface area (Å²) in [4.78, 5) is 14.9. The average molecular weight is 350 g/mol. The van der Waals surface area contributed by atoms with Gasteiger partial charge in [-0.05, 0) is 35.4 Å². The van der Waals surface area contributed by atoms with Crippen LogP contribution in [0.15, 0.2) is 66.9 Å². The molecule has 0 bridgehead atoms. The number of benzene rings is 2. The first-order chi connectivity index (χ1) is 12.7. The normalized spacial score (nSPS) is 16.4. The van der Waals surface area contributed by atoms with Gasteiger partial charge in [-0.1, -0.05) is 36.4 Å². The minimum atomic E-state index is -0.602. The molecule has 3 aromatic rings. The molecule has 4 rings (SSSR count). The SMILES string of the molecule is O=C(c1ccc(CO)cc1F)N1CCn2cccc2C1c1ccccc1. The van der Waals surface area contributed by atoms with E-state index in [9.17, 15) is 9.18 Å². The molecular formula is C21H19FN2O2. The van der Waals surface area contributed by atoms with Crippen molar-refractivity contribution in [3.05, 3.63) is 95.1 Å². The summed E-state index contributed by atoms with van der Waals surface area (Å²) in [5, 5.41) is 9.15. The zero-order valence-electron chi connectivity index (χ0n) is 14.2. The molecule has 5 heteroatoms. The summed E-state index contributed by atoms with van der Waals surface area (Å²) in [6, 6.07) is 17.8. The molecule has 1 amide bonds. The molecule has 0 aliphatic carbocycles. The van der Waals surface area contributed by atoms with E-state index in [2.05, 4.69) is 4.57 Å². The van der Waals surface area contributed by atoms with Crippen LogP contribution in [-0.4, -0.2) is 27.0 Å². The molecule has 1 aliphatic rings. The Balaban J connectivity index is 1.76. The van der Waals surface area contributed by atoms with E-state index in [-0.39, 0.29) is 24.1 Å². The van der Waals surface area contributed by atoms with Crippen LogP contribution in [0.2, 0.25) is 0 Å². The number of amides is 1. The lowest BCUT2D eigenvalue weighted by Gasteiger charge is -2.37. The highest BCUT2D eigenvalue weighted by Gasteiger charge is 2.33. The number of carbonyl (C=O) groups excluding carboxylic acids is 1. The Morgan fingerprint density at radius 1 is 1.08 bits per heavy atom. The number of hydrogen-bond donors (Lipinski definition) is 1. The Morgan fingerprint density at radius 2 is 1.88 bits per heavy atom. The van der Waals surface area contributed by atoms with E-state index in [1.165, 1.54) is 12.1 Å². The van der Waals surface area contributed by atoms with Crippen molar-refractivity contribution in [2.24, 2.45) is 0 Å². The molecule has 1 N–H and O–H groups in total. The van der Waals surface area contributed by atoms with Gasteiger partial charge < -0.3 is 14.6 Å². The molecule has 4 nitrogen and oxygen atoms in total. The van der Waals surface area contributed by atoms with Gasteiger partial charge in [-0.25, -0.2) is 4.39 Å². The van der Waals surface area contributed by atoms with Gasteiger partial charge in [-0.3, -0.25) is 4.79 Å². The molecule has 26 heavy (non-hydrogen) atoms. The molecule has 1 atom stereocenters. The number of aliphatic hydroxyl groups is 1. The van der Waals surface area contributed by atoms with Gasteiger partial charge >= 0.3 is 0 Å². The van der Waals surface area contributed by atoms with Crippen LogP contribution in [0.1, 0.15) is 33.2 Å². The lowest BCUT2D eigenvalue weighted by molar-refractivity contribution is 0.0659. The Labute approximate surface area is 151 Å². The van der Waals surface area contributed by atoms with E-state index >= 15 is 0 Å². The maximum atomic E-state index is 14.4. The van der Waals surface area contributed by atoms with Crippen molar-refractivity contribution < 1.29 is 14.3 Å². The van der Waals surface area contributed by atoms with Crippen LogP contribution in [0.5, 0.6) is 0 Å². The zero-order chi connectivity index (χ0) is 18.1. The first-order valence-electron chi connectivity index (χ1n) is 8.59. The van der Waals surface area contributed by atoms with Crippen molar-refractivity contribution in [2.75, 3.05) is 6.54 Å². The van der Waals surface area contributed by atoms with E-state index in [1.54, 1.807) is 11.0 Å². The minimum Gasteiger partial charge on any atom is -0.392 e. The summed E-state index contributed by atoms with van der Waals surface area (Å²) in [5.41, 5.74) is 2.49. The molecule has 0 saturated carbocycles. The molecule has 0 fully saturated rings. The Kier molecular flexibility index (Phi) is 4.31. The van der Waals surface area contributed by atoms with Gasteiger partial charge in [0.25, 0.3) is 5.91 Å². The highest BCUT2D eigenvalue weighted by molar-refractivity contribution is 5.95. The third-order valence-corrected chi connectivity index (χ3v) is 4.86. The molecule has 2 heterocycles. The monoisotopic (exact) mass is 350 g/mol. The third kappa shape index (κ3) is 2.80. The highest BCUT2D eigenvalue weighted by atomic mass is 19.1. The molecule has 1 aliphatic heterocycles. The summed E-state index contributed by atoms with van der Waals surface area (Å²) in [6.45, 7) is 0.921. The van der Waals surface area contributed by atoms with E-state index in [4.69, 9.17) is 5.11 Å². The van der Waals surface area contributed by atoms with Gasteiger partial charge in [0, 0.05) is 25.0 Å². The Hall–Kier alpha value is -2.92. The summed E-state index contributed by atoms with van der Waals surface area (Å²) < 4.78 is 16.6. The molecule has 1 unspecified atom stereocenters. The maximum absolute atomic E-state index is 14.4. The Bertz CT molecular complexity index is 936. The fourth-order valence-electron chi connectivity index (χ4n) is 3.57. The van der Waals surface area contributed by atoms with Crippen molar-refractivity contribution in [3.8, 4) is 0 Å². The van der Waals surface area contributed by atoms with Crippen molar-refractivity contribution >= 4 is 5.91 Å². The first kappa shape index (κ1) is 16.5. The van der Waals surface area contributed by atoms with E-state index in [0.717, 1.165) is 11.3 Å². The quantitative estimate of drug-likeness (QED) is 0.787. The van der Waals surface area contributed by atoms with Crippen molar-refractivity contribution in [1.82, 2.24) is 9.47 Å². The number of halogens is 1. The van der Waals surface area contributed by atoms with Gasteiger partial charge in [0.2, 0.25) is 0 Å². The van der Waals surface area contributed by atoms with Crippen LogP contribution in [0.4, 0.5) is 4.39 Å². The largest absolute Gasteiger partial charge is 0.392 e. The molecular weight excluding hydrogens is 331 g/mol. The molecule has 1 aromatic heterocycles. The minimum absolute atomic E-state index is 0.0307. The topological polar surface area (TPSA) is 45.5 Å². The summed E-state index contributed by atoms with van der Waals surface area (Å²) in [6.07, 6.45) is 2.00. The second-order valence-corrected chi connectivity index (χ2v) is 6.41. The first-order valence-corrected chi connectivity index (χ1v) is 8.59. The van der Waals surface area contributed by atoms with Gasteiger partial charge in [0.05, 0.1) is 18.2 Å². The summed E-state index contributed by atoms with van der Waals surface area (Å²) in [5.74, 6) is -0.942. The lowest BCUT2D eigenvalue weighted by Crippen LogP contribution is -2.42. The van der Waals surface area contributed by atoms with Gasteiger partial charge in [-0.2, -0.15) is 0 Å². The molecule has 0 spiro atoms. The maximum Gasteiger partial charge on any atom is 0.257 e. The van der Waals surface area contributed by atoms with Gasteiger partial charge in [0.1, 0.15) is 5.82 Å². The smallest absolute Gasteiger partial charge is 0.257 e. The van der Waals surface area contributed by atoms with Crippen molar-refractivity contribution in [3.63, 3.8) is 0 Å².